The van der Waals surface area contributed by atoms with Gasteiger partial charge in [0.15, 0.2) is 0 Å². The highest BCUT2D eigenvalue weighted by Crippen LogP contribution is 2.09. The van der Waals surface area contributed by atoms with E-state index in [1.165, 1.54) is 0 Å². The molecule has 2 nitrogen and oxygen atoms in total. The van der Waals surface area contributed by atoms with Gasteiger partial charge in [-0.25, -0.2) is 0 Å². The van der Waals surface area contributed by atoms with Gasteiger partial charge in [-0.1, -0.05) is 12.2 Å². The van der Waals surface area contributed by atoms with Crippen molar-refractivity contribution in [3.05, 3.63) is 30.0 Å². The minimum Gasteiger partial charge on any atom is -0.402 e. The fourth-order valence-corrected chi connectivity index (χ4v) is 0.649. The van der Waals surface area contributed by atoms with Crippen molar-refractivity contribution in [1.29, 1.82) is 0 Å². The molecule has 43 valence electrons. The number of hydrogen-bond donors (Lipinski definition) is 2. The number of rotatable bonds is 0. The van der Waals surface area contributed by atoms with Crippen LogP contribution in [0.3, 0.4) is 0 Å². The van der Waals surface area contributed by atoms with Crippen LogP contribution >= 0.6 is 0 Å². The molecule has 0 bridgehead atoms. The van der Waals surface area contributed by atoms with Gasteiger partial charge in [0, 0.05) is 12.1 Å². The Balaban J connectivity index is 2.59. The number of hydrogen-bond acceptors (Lipinski definition) is 2. The smallest absolute Gasteiger partial charge is 0.0620 e. The quantitative estimate of drug-likeness (QED) is 0.469. The van der Waals surface area contributed by atoms with E-state index in [0.29, 0.717) is 0 Å². The zero-order valence-electron chi connectivity index (χ0n) is 4.59. The van der Waals surface area contributed by atoms with Gasteiger partial charge in [-0.3, -0.25) is 0 Å². The molecule has 4 N–H and O–H groups in total. The Morgan fingerprint density at radius 3 is 2.50 bits per heavy atom. The Morgan fingerprint density at radius 2 is 2.12 bits per heavy atom. The lowest BCUT2D eigenvalue weighted by Gasteiger charge is -2.07. The normalized spacial score (nSPS) is 20.9. The van der Waals surface area contributed by atoms with Crippen molar-refractivity contribution in [3.63, 3.8) is 0 Å². The molecule has 0 aromatic rings. The zero-order chi connectivity index (χ0) is 5.98. The minimum absolute atomic E-state index is 0.719. The van der Waals surface area contributed by atoms with E-state index in [1.807, 2.05) is 18.2 Å². The fourth-order valence-electron chi connectivity index (χ4n) is 0.649. The summed E-state index contributed by atoms with van der Waals surface area (Å²) in [4.78, 5) is 0. The first kappa shape index (κ1) is 5.38. The van der Waals surface area contributed by atoms with Crippen molar-refractivity contribution in [2.24, 2.45) is 11.5 Å². The molecule has 1 aliphatic rings. The summed E-state index contributed by atoms with van der Waals surface area (Å²) in [6.07, 6.45) is 6.29. The Hall–Kier alpha value is -0.760. The second-order valence-electron chi connectivity index (χ2n) is 1.85. The van der Waals surface area contributed by atoms with Gasteiger partial charge in [0.2, 0.25) is 0 Å². The van der Waals surface area contributed by atoms with Crippen molar-refractivity contribution in [2.75, 3.05) is 0 Å². The lowest BCUT2D eigenvalue weighted by Crippen LogP contribution is -2.13. The van der Waals surface area contributed by atoms with E-state index < -0.39 is 0 Å². The van der Waals surface area contributed by atoms with Crippen LogP contribution in [0.2, 0.25) is 0 Å². The van der Waals surface area contributed by atoms with Crippen LogP contribution in [0.4, 0.5) is 0 Å². The second kappa shape index (κ2) is 2.01. The molecule has 2 heteroatoms. The van der Waals surface area contributed by atoms with Crippen molar-refractivity contribution in [3.8, 4) is 0 Å². The molecule has 0 aromatic heterocycles. The molecule has 0 fully saturated rings. The predicted molar refractivity (Wildman–Crippen MR) is 33.5 cm³/mol. The first-order valence-corrected chi connectivity index (χ1v) is 2.53. The highest BCUT2D eigenvalue weighted by Gasteiger charge is 2.02. The highest BCUT2D eigenvalue weighted by molar-refractivity contribution is 5.25. The summed E-state index contributed by atoms with van der Waals surface area (Å²) in [5, 5.41) is 0. The molecule has 1 radical (unpaired) electrons. The summed E-state index contributed by atoms with van der Waals surface area (Å²) in [5.41, 5.74) is 11.7. The average Bonchev–Trinajstić information content (AvgIpc) is 1.64. The molecular weight excluding hydrogens is 100 g/mol. The second-order valence-corrected chi connectivity index (χ2v) is 1.85. The summed E-state index contributed by atoms with van der Waals surface area (Å²) in [6, 6.07) is 0.838. The van der Waals surface area contributed by atoms with Crippen molar-refractivity contribution < 1.29 is 0 Å². The minimum atomic E-state index is 0.719. The molecule has 8 heavy (non-hydrogen) atoms. The molecular formula is C6H9N2. The maximum Gasteiger partial charge on any atom is 0.0620 e. The monoisotopic (exact) mass is 109 g/mol. The maximum absolute atomic E-state index is 5.43. The fraction of sp³-hybridized carbons (Fsp3) is 0.167. The molecule has 0 saturated carbocycles. The lowest BCUT2D eigenvalue weighted by atomic mass is 10.1. The Bertz CT molecular complexity index is 135. The van der Waals surface area contributed by atoms with Gasteiger partial charge >= 0.3 is 0 Å². The van der Waals surface area contributed by atoms with Crippen LogP contribution in [-0.4, -0.2) is 0 Å². The molecule has 1 aliphatic carbocycles. The molecule has 0 unspecified atom stereocenters. The summed E-state index contributed by atoms with van der Waals surface area (Å²) in [6.45, 7) is 0. The molecule has 0 amide bonds. The lowest BCUT2D eigenvalue weighted by molar-refractivity contribution is 0.940. The third-order valence-electron chi connectivity index (χ3n) is 1.03. The molecule has 0 atom stereocenters. The van der Waals surface area contributed by atoms with Gasteiger partial charge < -0.3 is 11.5 Å². The highest BCUT2D eigenvalue weighted by atomic mass is 14.7. The molecule has 0 aliphatic heterocycles. The molecule has 0 spiro atoms. The first-order valence-electron chi connectivity index (χ1n) is 2.53. The molecule has 0 heterocycles. The van der Waals surface area contributed by atoms with Gasteiger partial charge in [-0.05, 0) is 6.08 Å². The molecule has 0 saturated heterocycles. The van der Waals surface area contributed by atoms with E-state index in [-0.39, 0.29) is 0 Å². The third-order valence-corrected chi connectivity index (χ3v) is 1.03. The zero-order valence-corrected chi connectivity index (χ0v) is 4.59. The third kappa shape index (κ3) is 1.10. The van der Waals surface area contributed by atoms with Gasteiger partial charge in [-0.2, -0.15) is 0 Å². The van der Waals surface area contributed by atoms with Crippen molar-refractivity contribution >= 4 is 0 Å². The van der Waals surface area contributed by atoms with E-state index in [2.05, 4.69) is 0 Å². The molecule has 1 rings (SSSR count). The van der Waals surface area contributed by atoms with Gasteiger partial charge in [0.05, 0.1) is 6.04 Å². The van der Waals surface area contributed by atoms with E-state index in [4.69, 9.17) is 11.5 Å². The van der Waals surface area contributed by atoms with Crippen LogP contribution in [0, 0.1) is 6.04 Å². The average molecular weight is 109 g/mol. The van der Waals surface area contributed by atoms with Gasteiger partial charge in [0.1, 0.15) is 0 Å². The summed E-state index contributed by atoms with van der Waals surface area (Å²) < 4.78 is 0. The van der Waals surface area contributed by atoms with Crippen LogP contribution in [-0.2, 0) is 0 Å². The maximum atomic E-state index is 5.43. The first-order chi connectivity index (χ1) is 3.79. The van der Waals surface area contributed by atoms with Gasteiger partial charge in [-0.15, -0.1) is 0 Å². The number of allylic oxidation sites excluding steroid dienone is 2. The SMILES string of the molecule is N[C]1C=CC=C(N)C1. The molecule has 0 aromatic carbocycles. The Kier molecular flexibility index (Phi) is 1.35. The standard InChI is InChI=1S/C6H9N2/c7-5-2-1-3-6(8)4-5/h1-3H,4,7-8H2. The topological polar surface area (TPSA) is 52.0 Å². The number of nitrogens with two attached hydrogens (primary N) is 2. The van der Waals surface area contributed by atoms with Crippen LogP contribution < -0.4 is 11.5 Å². The summed E-state index contributed by atoms with van der Waals surface area (Å²) >= 11 is 0. The van der Waals surface area contributed by atoms with Crippen molar-refractivity contribution in [1.82, 2.24) is 0 Å². The Labute approximate surface area is 48.9 Å². The Morgan fingerprint density at radius 1 is 1.38 bits per heavy atom. The summed E-state index contributed by atoms with van der Waals surface area (Å²) in [5.74, 6) is 0. The largest absolute Gasteiger partial charge is 0.402 e. The van der Waals surface area contributed by atoms with E-state index >= 15 is 0 Å². The van der Waals surface area contributed by atoms with Crippen LogP contribution in [0.1, 0.15) is 6.42 Å². The van der Waals surface area contributed by atoms with Crippen LogP contribution in [0.25, 0.3) is 0 Å². The van der Waals surface area contributed by atoms with E-state index in [1.54, 1.807) is 0 Å². The van der Waals surface area contributed by atoms with E-state index in [0.717, 1.165) is 18.2 Å². The van der Waals surface area contributed by atoms with E-state index in [9.17, 15) is 0 Å². The van der Waals surface area contributed by atoms with Crippen LogP contribution in [0.15, 0.2) is 23.9 Å². The van der Waals surface area contributed by atoms with Gasteiger partial charge in [0.25, 0.3) is 0 Å². The van der Waals surface area contributed by atoms with Crippen LogP contribution in [0.5, 0.6) is 0 Å². The predicted octanol–water partition coefficient (Wildman–Crippen LogP) is 0.280. The van der Waals surface area contributed by atoms with Crippen molar-refractivity contribution in [2.45, 2.75) is 6.42 Å². The summed E-state index contributed by atoms with van der Waals surface area (Å²) in [7, 11) is 0.